The van der Waals surface area contributed by atoms with Crippen molar-refractivity contribution in [2.75, 3.05) is 18.4 Å². The summed E-state index contributed by atoms with van der Waals surface area (Å²) in [4.78, 5) is 13.4. The third kappa shape index (κ3) is 3.52. The van der Waals surface area contributed by atoms with Crippen LogP contribution in [0.2, 0.25) is 0 Å². The molecule has 0 radical (unpaired) electrons. The van der Waals surface area contributed by atoms with Crippen LogP contribution in [0.5, 0.6) is 0 Å². The molecule has 7 nitrogen and oxygen atoms in total. The van der Waals surface area contributed by atoms with Gasteiger partial charge in [-0.15, -0.1) is 11.3 Å². The minimum absolute atomic E-state index is 0.191. The summed E-state index contributed by atoms with van der Waals surface area (Å²) in [6, 6.07) is 5.17. The van der Waals surface area contributed by atoms with E-state index in [1.54, 1.807) is 18.2 Å². The van der Waals surface area contributed by atoms with Crippen LogP contribution in [0.25, 0.3) is 0 Å². The number of carbonyl (C=O) groups is 1. The number of nitrogens with one attached hydrogen (secondary N) is 2. The number of sulfonamides is 1. The van der Waals surface area contributed by atoms with Crippen LogP contribution in [0.1, 0.15) is 23.4 Å². The van der Waals surface area contributed by atoms with Crippen molar-refractivity contribution in [3.05, 3.63) is 28.8 Å². The molecule has 0 aromatic carbocycles. The Bertz CT molecular complexity index is 841. The van der Waals surface area contributed by atoms with E-state index in [0.717, 1.165) is 10.6 Å². The van der Waals surface area contributed by atoms with Crippen LogP contribution in [0, 0.1) is 19.8 Å². The van der Waals surface area contributed by atoms with Crippen molar-refractivity contribution in [1.29, 1.82) is 0 Å². The number of aromatic amines is 1. The smallest absolute Gasteiger partial charge is 0.252 e. The monoisotopic (exact) mass is 368 g/mol. The van der Waals surface area contributed by atoms with Crippen molar-refractivity contribution in [2.24, 2.45) is 5.92 Å². The van der Waals surface area contributed by atoms with Crippen LogP contribution in [0.15, 0.2) is 22.4 Å². The zero-order valence-corrected chi connectivity index (χ0v) is 15.2. The first-order chi connectivity index (χ1) is 11.4. The maximum absolute atomic E-state index is 12.7. The summed E-state index contributed by atoms with van der Waals surface area (Å²) in [6.45, 7) is 4.38. The number of carbonyl (C=O) groups excluding carboxylic acids is 1. The number of aryl methyl sites for hydroxylation is 2. The molecule has 24 heavy (non-hydrogen) atoms. The van der Waals surface area contributed by atoms with Crippen LogP contribution >= 0.6 is 11.3 Å². The SMILES string of the molecule is Cc1cc(NC(=O)C2CCCN(S(=O)(=O)c3ccc(C)s3)C2)n[nH]1. The molecule has 0 saturated carbocycles. The summed E-state index contributed by atoms with van der Waals surface area (Å²) < 4.78 is 27.2. The molecule has 2 aromatic rings. The Morgan fingerprint density at radius 3 is 2.83 bits per heavy atom. The Morgan fingerprint density at radius 2 is 2.21 bits per heavy atom. The molecule has 1 atom stereocenters. The van der Waals surface area contributed by atoms with Gasteiger partial charge >= 0.3 is 0 Å². The van der Waals surface area contributed by atoms with Crippen LogP contribution in [0.3, 0.4) is 0 Å². The second-order valence-corrected chi connectivity index (χ2v) is 9.45. The fraction of sp³-hybridized carbons (Fsp3) is 0.467. The van der Waals surface area contributed by atoms with Gasteiger partial charge in [0.2, 0.25) is 5.91 Å². The maximum atomic E-state index is 12.7. The lowest BCUT2D eigenvalue weighted by molar-refractivity contribution is -0.120. The van der Waals surface area contributed by atoms with Crippen molar-refractivity contribution in [1.82, 2.24) is 14.5 Å². The highest BCUT2D eigenvalue weighted by Crippen LogP contribution is 2.28. The molecule has 1 fully saturated rings. The maximum Gasteiger partial charge on any atom is 0.252 e. The average Bonchev–Trinajstić information content (AvgIpc) is 3.16. The number of hydrogen-bond donors (Lipinski definition) is 2. The van der Waals surface area contributed by atoms with E-state index in [1.807, 2.05) is 13.8 Å². The summed E-state index contributed by atoms with van der Waals surface area (Å²) in [5.41, 5.74) is 0.853. The first kappa shape index (κ1) is 17.1. The first-order valence-corrected chi connectivity index (χ1v) is 10.0. The number of amides is 1. The third-order valence-corrected chi connectivity index (χ3v) is 7.36. The summed E-state index contributed by atoms with van der Waals surface area (Å²) in [6.07, 6.45) is 1.34. The molecule has 0 bridgehead atoms. The van der Waals surface area contributed by atoms with Crippen LogP contribution < -0.4 is 5.32 Å². The number of thiophene rings is 1. The quantitative estimate of drug-likeness (QED) is 0.864. The molecule has 1 unspecified atom stereocenters. The number of nitrogens with zero attached hydrogens (tertiary/aromatic N) is 2. The largest absolute Gasteiger partial charge is 0.309 e. The van der Waals surface area contributed by atoms with Gasteiger partial charge in [0.15, 0.2) is 5.82 Å². The third-order valence-electron chi connectivity index (χ3n) is 4.02. The Morgan fingerprint density at radius 1 is 1.42 bits per heavy atom. The van der Waals surface area contributed by atoms with E-state index < -0.39 is 10.0 Å². The molecule has 1 saturated heterocycles. The fourth-order valence-electron chi connectivity index (χ4n) is 2.76. The van der Waals surface area contributed by atoms with Crippen molar-refractivity contribution < 1.29 is 13.2 Å². The number of rotatable bonds is 4. The summed E-state index contributed by atoms with van der Waals surface area (Å²) in [5, 5.41) is 9.49. The summed E-state index contributed by atoms with van der Waals surface area (Å²) >= 11 is 1.26. The lowest BCUT2D eigenvalue weighted by Crippen LogP contribution is -2.43. The van der Waals surface area contributed by atoms with Gasteiger partial charge in [-0.2, -0.15) is 9.40 Å². The molecular formula is C15H20N4O3S2. The number of aromatic nitrogens is 2. The summed E-state index contributed by atoms with van der Waals surface area (Å²) in [7, 11) is -3.53. The van der Waals surface area contributed by atoms with Gasteiger partial charge < -0.3 is 5.32 Å². The van der Waals surface area contributed by atoms with E-state index in [1.165, 1.54) is 15.6 Å². The topological polar surface area (TPSA) is 95.2 Å². The average molecular weight is 368 g/mol. The normalized spacial score (nSPS) is 19.3. The van der Waals surface area contributed by atoms with Gasteiger partial charge in [-0.25, -0.2) is 8.42 Å². The van der Waals surface area contributed by atoms with Crippen molar-refractivity contribution in [2.45, 2.75) is 30.9 Å². The predicted octanol–water partition coefficient (Wildman–Crippen LogP) is 2.13. The highest BCUT2D eigenvalue weighted by atomic mass is 32.2. The number of anilines is 1. The second kappa shape index (κ2) is 6.66. The number of H-pyrrole nitrogens is 1. The van der Waals surface area contributed by atoms with E-state index >= 15 is 0 Å². The van der Waals surface area contributed by atoms with Gasteiger partial charge in [0.25, 0.3) is 10.0 Å². The Balaban J connectivity index is 1.71. The minimum atomic E-state index is -3.53. The van der Waals surface area contributed by atoms with Crippen molar-refractivity contribution in [3.8, 4) is 0 Å². The molecule has 9 heteroatoms. The van der Waals surface area contributed by atoms with Gasteiger partial charge in [-0.3, -0.25) is 9.89 Å². The highest BCUT2D eigenvalue weighted by Gasteiger charge is 2.34. The zero-order chi connectivity index (χ0) is 17.3. The van der Waals surface area contributed by atoms with E-state index in [0.29, 0.717) is 29.4 Å². The molecule has 3 rings (SSSR count). The molecule has 0 spiro atoms. The van der Waals surface area contributed by atoms with Gasteiger partial charge in [-0.1, -0.05) is 0 Å². The van der Waals surface area contributed by atoms with E-state index in [9.17, 15) is 13.2 Å². The van der Waals surface area contributed by atoms with Crippen LogP contribution in [0.4, 0.5) is 5.82 Å². The Kier molecular flexibility index (Phi) is 4.75. The number of hydrogen-bond acceptors (Lipinski definition) is 5. The standard InChI is InChI=1S/C15H20N4O3S2/c1-10-8-13(18-17-10)16-15(20)12-4-3-7-19(9-12)24(21,22)14-6-5-11(2)23-14/h5-6,8,12H,3-4,7,9H2,1-2H3,(H2,16,17,18,20). The second-order valence-electron chi connectivity index (χ2n) is 5.99. The lowest BCUT2D eigenvalue weighted by Gasteiger charge is -2.30. The van der Waals surface area contributed by atoms with E-state index in [-0.39, 0.29) is 18.4 Å². The molecular weight excluding hydrogens is 348 g/mol. The molecule has 1 amide bonds. The van der Waals surface area contributed by atoms with Gasteiger partial charge in [-0.05, 0) is 38.8 Å². The highest BCUT2D eigenvalue weighted by molar-refractivity contribution is 7.91. The molecule has 130 valence electrons. The minimum Gasteiger partial charge on any atom is -0.309 e. The van der Waals surface area contributed by atoms with Crippen molar-refractivity contribution >= 4 is 33.1 Å². The molecule has 0 aliphatic carbocycles. The van der Waals surface area contributed by atoms with E-state index in [4.69, 9.17) is 0 Å². The molecule has 1 aliphatic heterocycles. The molecule has 2 aromatic heterocycles. The Hall–Kier alpha value is -1.71. The Labute approximate surface area is 145 Å². The lowest BCUT2D eigenvalue weighted by atomic mass is 9.99. The first-order valence-electron chi connectivity index (χ1n) is 7.76. The zero-order valence-electron chi connectivity index (χ0n) is 13.6. The molecule has 2 N–H and O–H groups in total. The fourth-order valence-corrected chi connectivity index (χ4v) is 5.72. The molecule has 3 heterocycles. The summed E-state index contributed by atoms with van der Waals surface area (Å²) in [5.74, 6) is -0.0956. The van der Waals surface area contributed by atoms with Gasteiger partial charge in [0.1, 0.15) is 4.21 Å². The van der Waals surface area contributed by atoms with Crippen LogP contribution in [-0.4, -0.2) is 41.9 Å². The van der Waals surface area contributed by atoms with Crippen molar-refractivity contribution in [3.63, 3.8) is 0 Å². The van der Waals surface area contributed by atoms with Gasteiger partial charge in [0.05, 0.1) is 5.92 Å². The van der Waals surface area contributed by atoms with E-state index in [2.05, 4.69) is 15.5 Å². The van der Waals surface area contributed by atoms with Crippen LogP contribution in [-0.2, 0) is 14.8 Å². The molecule has 1 aliphatic rings. The van der Waals surface area contributed by atoms with Gasteiger partial charge in [0, 0.05) is 29.7 Å². The number of piperidine rings is 1. The predicted molar refractivity (Wildman–Crippen MR) is 92.5 cm³/mol.